The van der Waals surface area contributed by atoms with Crippen LogP contribution in [-0.4, -0.2) is 31.1 Å². The van der Waals surface area contributed by atoms with Crippen LogP contribution in [0.25, 0.3) is 0 Å². The fraction of sp³-hybridized carbons (Fsp3) is 0.500. The maximum atomic E-state index is 3.36. The Kier molecular flexibility index (Phi) is 4.62. The lowest BCUT2D eigenvalue weighted by molar-refractivity contribution is -0.0444. The van der Waals surface area contributed by atoms with Crippen LogP contribution in [0.2, 0.25) is 0 Å². The molecular formula is C12H18Cl2N2. The third-order valence-corrected chi connectivity index (χ3v) is 3.37. The standard InChI is InChI=1S/C12H16N2.2ClH/c1-2-4-11(5-3-1)6-14-9-12(10-14)7-13-8-12;;/h1-5,13H,6-10H2;2*1H. The average molecular weight is 261 g/mol. The average Bonchev–Trinajstić information content (AvgIpc) is 2.09. The summed E-state index contributed by atoms with van der Waals surface area (Å²) in [5.74, 6) is 0. The van der Waals surface area contributed by atoms with Crippen LogP contribution < -0.4 is 5.32 Å². The highest BCUT2D eigenvalue weighted by atomic mass is 35.5. The molecule has 1 aromatic rings. The van der Waals surface area contributed by atoms with Crippen molar-refractivity contribution in [3.8, 4) is 0 Å². The lowest BCUT2D eigenvalue weighted by atomic mass is 9.74. The van der Waals surface area contributed by atoms with E-state index in [4.69, 9.17) is 0 Å². The highest BCUT2D eigenvalue weighted by molar-refractivity contribution is 5.85. The molecule has 3 rings (SSSR count). The number of halogens is 2. The summed E-state index contributed by atoms with van der Waals surface area (Å²) in [7, 11) is 0. The van der Waals surface area contributed by atoms with Gasteiger partial charge in [-0.25, -0.2) is 0 Å². The van der Waals surface area contributed by atoms with Gasteiger partial charge in [0.1, 0.15) is 0 Å². The Morgan fingerprint density at radius 2 is 1.69 bits per heavy atom. The molecule has 0 atom stereocenters. The molecule has 2 fully saturated rings. The van der Waals surface area contributed by atoms with Gasteiger partial charge in [-0.1, -0.05) is 30.3 Å². The van der Waals surface area contributed by atoms with Crippen molar-refractivity contribution in [1.82, 2.24) is 10.2 Å². The van der Waals surface area contributed by atoms with Gasteiger partial charge in [-0.15, -0.1) is 24.8 Å². The number of hydrogen-bond donors (Lipinski definition) is 1. The Labute approximate surface area is 109 Å². The Bertz CT molecular complexity index is 317. The molecule has 0 bridgehead atoms. The lowest BCUT2D eigenvalue weighted by Gasteiger charge is -2.56. The zero-order valence-electron chi connectivity index (χ0n) is 9.19. The van der Waals surface area contributed by atoms with Gasteiger partial charge in [0.05, 0.1) is 0 Å². The van der Waals surface area contributed by atoms with E-state index in [9.17, 15) is 0 Å². The molecule has 90 valence electrons. The maximum Gasteiger partial charge on any atom is 0.0234 e. The molecule has 0 unspecified atom stereocenters. The highest BCUT2D eigenvalue weighted by Crippen LogP contribution is 2.34. The first kappa shape index (κ1) is 13.8. The van der Waals surface area contributed by atoms with Crippen LogP contribution in [0.1, 0.15) is 5.56 Å². The van der Waals surface area contributed by atoms with E-state index in [1.54, 1.807) is 0 Å². The summed E-state index contributed by atoms with van der Waals surface area (Å²) in [4.78, 5) is 2.54. The van der Waals surface area contributed by atoms with E-state index >= 15 is 0 Å². The molecule has 16 heavy (non-hydrogen) atoms. The highest BCUT2D eigenvalue weighted by Gasteiger charge is 2.46. The molecule has 0 radical (unpaired) electrons. The van der Waals surface area contributed by atoms with Crippen molar-refractivity contribution in [3.05, 3.63) is 35.9 Å². The van der Waals surface area contributed by atoms with Gasteiger partial charge in [-0.2, -0.15) is 0 Å². The number of hydrogen-bond acceptors (Lipinski definition) is 2. The Hall–Kier alpha value is -0.280. The van der Waals surface area contributed by atoms with Gasteiger partial charge in [-0.05, 0) is 5.56 Å². The van der Waals surface area contributed by atoms with E-state index in [2.05, 4.69) is 40.5 Å². The number of benzene rings is 1. The number of likely N-dealkylation sites (tertiary alicyclic amines) is 1. The van der Waals surface area contributed by atoms with Crippen molar-refractivity contribution >= 4 is 24.8 Å². The van der Waals surface area contributed by atoms with Crippen LogP contribution in [0.4, 0.5) is 0 Å². The summed E-state index contributed by atoms with van der Waals surface area (Å²) in [5.41, 5.74) is 2.10. The lowest BCUT2D eigenvalue weighted by Crippen LogP contribution is -2.70. The molecule has 0 saturated carbocycles. The van der Waals surface area contributed by atoms with Gasteiger partial charge in [0.15, 0.2) is 0 Å². The summed E-state index contributed by atoms with van der Waals surface area (Å²) in [5, 5.41) is 3.36. The molecule has 2 aliphatic heterocycles. The first-order valence-corrected chi connectivity index (χ1v) is 5.33. The first-order chi connectivity index (χ1) is 6.86. The molecule has 1 aromatic carbocycles. The molecule has 2 aliphatic rings. The molecule has 1 spiro atoms. The van der Waals surface area contributed by atoms with Gasteiger partial charge < -0.3 is 5.32 Å². The molecule has 0 amide bonds. The predicted molar refractivity (Wildman–Crippen MR) is 71.5 cm³/mol. The summed E-state index contributed by atoms with van der Waals surface area (Å²) in [6, 6.07) is 10.7. The third-order valence-electron chi connectivity index (χ3n) is 3.37. The number of nitrogens with zero attached hydrogens (tertiary/aromatic N) is 1. The summed E-state index contributed by atoms with van der Waals surface area (Å²) in [6.45, 7) is 6.17. The minimum Gasteiger partial charge on any atom is -0.315 e. The van der Waals surface area contributed by atoms with Gasteiger partial charge in [0, 0.05) is 38.1 Å². The molecule has 0 aromatic heterocycles. The second kappa shape index (κ2) is 5.37. The first-order valence-electron chi connectivity index (χ1n) is 5.33. The molecular weight excluding hydrogens is 243 g/mol. The van der Waals surface area contributed by atoms with Gasteiger partial charge in [-0.3, -0.25) is 4.90 Å². The third kappa shape index (κ3) is 2.51. The van der Waals surface area contributed by atoms with E-state index in [1.165, 1.54) is 31.7 Å². The van der Waals surface area contributed by atoms with Crippen LogP contribution >= 0.6 is 24.8 Å². The van der Waals surface area contributed by atoms with Gasteiger partial charge in [0.25, 0.3) is 0 Å². The van der Waals surface area contributed by atoms with E-state index in [-0.39, 0.29) is 24.8 Å². The number of rotatable bonds is 2. The van der Waals surface area contributed by atoms with E-state index in [0.717, 1.165) is 6.54 Å². The SMILES string of the molecule is Cl.Cl.c1ccc(CN2CC3(CNC3)C2)cc1. The van der Waals surface area contributed by atoms with Crippen molar-refractivity contribution in [1.29, 1.82) is 0 Å². The van der Waals surface area contributed by atoms with E-state index in [0.29, 0.717) is 5.41 Å². The Balaban J connectivity index is 0.000000640. The van der Waals surface area contributed by atoms with Gasteiger partial charge >= 0.3 is 0 Å². The Morgan fingerprint density at radius 1 is 1.06 bits per heavy atom. The largest absolute Gasteiger partial charge is 0.315 e. The second-order valence-electron chi connectivity index (χ2n) is 4.73. The van der Waals surface area contributed by atoms with Crippen LogP contribution in [0.15, 0.2) is 30.3 Å². The normalized spacial score (nSPS) is 21.2. The fourth-order valence-corrected chi connectivity index (χ4v) is 2.56. The molecule has 0 aliphatic carbocycles. The van der Waals surface area contributed by atoms with E-state index in [1.807, 2.05) is 0 Å². The van der Waals surface area contributed by atoms with Crippen molar-refractivity contribution in [3.63, 3.8) is 0 Å². The van der Waals surface area contributed by atoms with Crippen LogP contribution in [0, 0.1) is 5.41 Å². The topological polar surface area (TPSA) is 15.3 Å². The smallest absolute Gasteiger partial charge is 0.0234 e. The van der Waals surface area contributed by atoms with E-state index < -0.39 is 0 Å². The zero-order chi connectivity index (χ0) is 9.43. The molecule has 2 heterocycles. The second-order valence-corrected chi connectivity index (χ2v) is 4.73. The fourth-order valence-electron chi connectivity index (χ4n) is 2.56. The van der Waals surface area contributed by atoms with Crippen LogP contribution in [0.3, 0.4) is 0 Å². The quantitative estimate of drug-likeness (QED) is 0.875. The van der Waals surface area contributed by atoms with Crippen molar-refractivity contribution in [2.45, 2.75) is 6.54 Å². The molecule has 4 heteroatoms. The van der Waals surface area contributed by atoms with Crippen molar-refractivity contribution in [2.24, 2.45) is 5.41 Å². The summed E-state index contributed by atoms with van der Waals surface area (Å²) in [6.07, 6.45) is 0. The molecule has 2 nitrogen and oxygen atoms in total. The molecule has 1 N–H and O–H groups in total. The van der Waals surface area contributed by atoms with Crippen LogP contribution in [0.5, 0.6) is 0 Å². The monoisotopic (exact) mass is 260 g/mol. The molecule has 2 saturated heterocycles. The minimum absolute atomic E-state index is 0. The minimum atomic E-state index is 0. The van der Waals surface area contributed by atoms with Crippen molar-refractivity contribution in [2.75, 3.05) is 26.2 Å². The van der Waals surface area contributed by atoms with Crippen molar-refractivity contribution < 1.29 is 0 Å². The zero-order valence-corrected chi connectivity index (χ0v) is 10.8. The van der Waals surface area contributed by atoms with Crippen LogP contribution in [-0.2, 0) is 6.54 Å². The number of nitrogens with one attached hydrogen (secondary N) is 1. The Morgan fingerprint density at radius 3 is 2.19 bits per heavy atom. The predicted octanol–water partition coefficient (Wildman–Crippen LogP) is 1.94. The maximum absolute atomic E-state index is 3.36. The summed E-state index contributed by atoms with van der Waals surface area (Å²) < 4.78 is 0. The van der Waals surface area contributed by atoms with Gasteiger partial charge in [0.2, 0.25) is 0 Å². The summed E-state index contributed by atoms with van der Waals surface area (Å²) >= 11 is 0.